The summed E-state index contributed by atoms with van der Waals surface area (Å²) in [6.45, 7) is 0.815. The lowest BCUT2D eigenvalue weighted by molar-refractivity contribution is 0.257. The highest BCUT2D eigenvalue weighted by molar-refractivity contribution is 9.10. The Bertz CT molecular complexity index is 636. The molecule has 0 spiro atoms. The molecule has 1 aromatic carbocycles. The highest BCUT2D eigenvalue weighted by atomic mass is 79.9. The number of benzene rings is 1. The van der Waals surface area contributed by atoms with Gasteiger partial charge in [0.1, 0.15) is 4.90 Å². The van der Waals surface area contributed by atoms with E-state index in [0.717, 1.165) is 19.3 Å². The molecular weight excluding hydrogens is 372 g/mol. The number of nitrogens with two attached hydrogens (primary N) is 1. The van der Waals surface area contributed by atoms with Gasteiger partial charge in [-0.1, -0.05) is 6.42 Å². The van der Waals surface area contributed by atoms with E-state index in [0.29, 0.717) is 29.1 Å². The van der Waals surface area contributed by atoms with Crippen LogP contribution in [0.1, 0.15) is 19.3 Å². The smallest absolute Gasteiger partial charge is 0.244 e. The molecule has 0 aromatic heterocycles. The monoisotopic (exact) mass is 392 g/mol. The van der Waals surface area contributed by atoms with Gasteiger partial charge in [-0.15, -0.1) is 0 Å². The summed E-state index contributed by atoms with van der Waals surface area (Å²) in [5.41, 5.74) is 5.75. The third-order valence-electron chi connectivity index (χ3n) is 3.87. The van der Waals surface area contributed by atoms with Crippen LogP contribution in [0.25, 0.3) is 0 Å². The van der Waals surface area contributed by atoms with Crippen molar-refractivity contribution in [2.24, 2.45) is 5.73 Å². The quantitative estimate of drug-likeness (QED) is 0.827. The Morgan fingerprint density at radius 2 is 1.91 bits per heavy atom. The van der Waals surface area contributed by atoms with E-state index in [4.69, 9.17) is 15.2 Å². The lowest BCUT2D eigenvalue weighted by atomic mass is 10.1. The largest absolute Gasteiger partial charge is 0.493 e. The topological polar surface area (TPSA) is 81.9 Å². The van der Waals surface area contributed by atoms with Gasteiger partial charge in [0, 0.05) is 29.7 Å². The maximum Gasteiger partial charge on any atom is 0.244 e. The van der Waals surface area contributed by atoms with Gasteiger partial charge in [0.2, 0.25) is 10.0 Å². The molecule has 22 heavy (non-hydrogen) atoms. The Hall–Kier alpha value is -0.830. The van der Waals surface area contributed by atoms with Crippen LogP contribution in [0, 0.1) is 0 Å². The normalized spacial score (nSPS) is 19.9. The molecule has 0 aliphatic carbocycles. The maximum absolute atomic E-state index is 13.0. The van der Waals surface area contributed by atoms with Gasteiger partial charge in [-0.3, -0.25) is 0 Å². The first-order chi connectivity index (χ1) is 10.5. The number of hydrogen-bond donors (Lipinski definition) is 1. The third-order valence-corrected chi connectivity index (χ3v) is 6.78. The van der Waals surface area contributed by atoms with Crippen molar-refractivity contribution in [3.05, 3.63) is 16.6 Å². The van der Waals surface area contributed by atoms with Crippen LogP contribution in [0.15, 0.2) is 21.5 Å². The molecule has 8 heteroatoms. The lowest BCUT2D eigenvalue weighted by Crippen LogP contribution is -2.47. The van der Waals surface area contributed by atoms with Crippen LogP contribution in [0.5, 0.6) is 11.5 Å². The summed E-state index contributed by atoms with van der Waals surface area (Å²) < 4.78 is 38.3. The standard InChI is InChI=1S/C14H21BrN2O4S/c1-20-12-7-11(15)14(8-13(12)21-2)22(18,19)17-6-4-3-5-10(17)9-16/h7-8,10H,3-6,9,16H2,1-2H3/t10-/m0/s1. The van der Waals surface area contributed by atoms with E-state index >= 15 is 0 Å². The van der Waals surface area contributed by atoms with Gasteiger partial charge < -0.3 is 15.2 Å². The zero-order valence-corrected chi connectivity index (χ0v) is 15.1. The van der Waals surface area contributed by atoms with Crippen molar-refractivity contribution in [3.63, 3.8) is 0 Å². The maximum atomic E-state index is 13.0. The van der Waals surface area contributed by atoms with E-state index in [1.165, 1.54) is 24.6 Å². The summed E-state index contributed by atoms with van der Waals surface area (Å²) in [5, 5.41) is 0. The summed E-state index contributed by atoms with van der Waals surface area (Å²) in [6.07, 6.45) is 2.64. The van der Waals surface area contributed by atoms with Crippen LogP contribution >= 0.6 is 15.9 Å². The van der Waals surface area contributed by atoms with E-state index in [9.17, 15) is 8.42 Å². The molecule has 1 aliphatic heterocycles. The van der Waals surface area contributed by atoms with Crippen molar-refractivity contribution in [1.82, 2.24) is 4.31 Å². The molecule has 0 radical (unpaired) electrons. The molecule has 1 heterocycles. The number of sulfonamides is 1. The molecule has 1 atom stereocenters. The average molecular weight is 393 g/mol. The number of hydrogen-bond acceptors (Lipinski definition) is 5. The highest BCUT2D eigenvalue weighted by Crippen LogP contribution is 2.37. The number of halogens is 1. The molecule has 2 rings (SSSR count). The van der Waals surface area contributed by atoms with Gasteiger partial charge in [0.05, 0.1) is 14.2 Å². The van der Waals surface area contributed by atoms with Crippen molar-refractivity contribution >= 4 is 26.0 Å². The van der Waals surface area contributed by atoms with Crippen molar-refractivity contribution in [3.8, 4) is 11.5 Å². The molecule has 0 amide bonds. The zero-order valence-electron chi connectivity index (χ0n) is 12.7. The van der Waals surface area contributed by atoms with E-state index < -0.39 is 10.0 Å². The van der Waals surface area contributed by atoms with Crippen molar-refractivity contribution < 1.29 is 17.9 Å². The van der Waals surface area contributed by atoms with Crippen LogP contribution in [0.3, 0.4) is 0 Å². The SMILES string of the molecule is COc1cc(Br)c(S(=O)(=O)N2CCCC[C@H]2CN)cc1OC. The summed E-state index contributed by atoms with van der Waals surface area (Å²) >= 11 is 3.32. The van der Waals surface area contributed by atoms with E-state index in [2.05, 4.69) is 15.9 Å². The van der Waals surface area contributed by atoms with Crippen molar-refractivity contribution in [2.75, 3.05) is 27.3 Å². The van der Waals surface area contributed by atoms with Gasteiger partial charge in [-0.05, 0) is 34.8 Å². The summed E-state index contributed by atoms with van der Waals surface area (Å²) in [7, 11) is -0.655. The van der Waals surface area contributed by atoms with E-state index in [-0.39, 0.29) is 10.9 Å². The van der Waals surface area contributed by atoms with Gasteiger partial charge in [0.15, 0.2) is 11.5 Å². The highest BCUT2D eigenvalue weighted by Gasteiger charge is 2.34. The van der Waals surface area contributed by atoms with Gasteiger partial charge >= 0.3 is 0 Å². The zero-order chi connectivity index (χ0) is 16.3. The molecule has 1 aromatic rings. The van der Waals surface area contributed by atoms with Crippen LogP contribution in [0.2, 0.25) is 0 Å². The molecule has 1 saturated heterocycles. The second-order valence-electron chi connectivity index (χ2n) is 5.14. The summed E-state index contributed by atoms with van der Waals surface area (Å²) in [6, 6.07) is 2.94. The Kier molecular flexibility index (Phi) is 5.70. The molecule has 0 bridgehead atoms. The Morgan fingerprint density at radius 3 is 2.50 bits per heavy atom. The lowest BCUT2D eigenvalue weighted by Gasteiger charge is -2.34. The number of ether oxygens (including phenoxy) is 2. The van der Waals surface area contributed by atoms with E-state index in [1.807, 2.05) is 0 Å². The Labute approximate surface area is 139 Å². The van der Waals surface area contributed by atoms with Gasteiger partial charge in [-0.2, -0.15) is 4.31 Å². The predicted octanol–water partition coefficient (Wildman–Crippen LogP) is 1.97. The number of methoxy groups -OCH3 is 2. The second-order valence-corrected chi connectivity index (χ2v) is 7.85. The molecule has 6 nitrogen and oxygen atoms in total. The van der Waals surface area contributed by atoms with E-state index in [1.54, 1.807) is 6.07 Å². The minimum Gasteiger partial charge on any atom is -0.493 e. The summed E-state index contributed by atoms with van der Waals surface area (Å²) in [5.74, 6) is 0.855. The Morgan fingerprint density at radius 1 is 1.27 bits per heavy atom. The summed E-state index contributed by atoms with van der Waals surface area (Å²) in [4.78, 5) is 0.172. The third kappa shape index (κ3) is 3.24. The molecule has 0 unspecified atom stereocenters. The first kappa shape index (κ1) is 17.5. The van der Waals surface area contributed by atoms with Gasteiger partial charge in [-0.25, -0.2) is 8.42 Å². The van der Waals surface area contributed by atoms with Crippen LogP contribution in [0.4, 0.5) is 0 Å². The molecule has 0 saturated carbocycles. The van der Waals surface area contributed by atoms with Crippen molar-refractivity contribution in [2.45, 2.75) is 30.2 Å². The van der Waals surface area contributed by atoms with Crippen LogP contribution in [-0.4, -0.2) is 46.1 Å². The second kappa shape index (κ2) is 7.16. The fourth-order valence-corrected chi connectivity index (χ4v) is 5.39. The molecule has 1 fully saturated rings. The van der Waals surface area contributed by atoms with Crippen molar-refractivity contribution in [1.29, 1.82) is 0 Å². The van der Waals surface area contributed by atoms with Gasteiger partial charge in [0.25, 0.3) is 0 Å². The Balaban J connectivity index is 2.48. The molecule has 124 valence electrons. The molecule has 2 N–H and O–H groups in total. The fraction of sp³-hybridized carbons (Fsp3) is 0.571. The first-order valence-corrected chi connectivity index (χ1v) is 9.32. The first-order valence-electron chi connectivity index (χ1n) is 7.09. The molecular formula is C14H21BrN2O4S. The van der Waals surface area contributed by atoms with Crippen LogP contribution < -0.4 is 15.2 Å². The minimum absolute atomic E-state index is 0.154. The van der Waals surface area contributed by atoms with Crippen LogP contribution in [-0.2, 0) is 10.0 Å². The number of rotatable bonds is 5. The predicted molar refractivity (Wildman–Crippen MR) is 87.8 cm³/mol. The number of nitrogens with zero attached hydrogens (tertiary/aromatic N) is 1. The number of piperidine rings is 1. The molecule has 1 aliphatic rings. The fourth-order valence-electron chi connectivity index (χ4n) is 2.69. The average Bonchev–Trinajstić information content (AvgIpc) is 2.54. The minimum atomic E-state index is -3.64.